The molecule has 134 valence electrons. The van der Waals surface area contributed by atoms with Crippen molar-refractivity contribution in [1.82, 2.24) is 15.0 Å². The SMILES string of the molecule is Cc1cc(NC(=O)N2CCN(Cc3cccc4ccccc34)CC2)no1. The van der Waals surface area contributed by atoms with Gasteiger partial charge in [0.1, 0.15) is 5.76 Å². The molecule has 0 aliphatic carbocycles. The number of anilines is 1. The number of amides is 2. The van der Waals surface area contributed by atoms with Gasteiger partial charge >= 0.3 is 6.03 Å². The van der Waals surface area contributed by atoms with Crippen LogP contribution in [0.1, 0.15) is 11.3 Å². The summed E-state index contributed by atoms with van der Waals surface area (Å²) in [6, 6.07) is 16.5. The van der Waals surface area contributed by atoms with E-state index in [-0.39, 0.29) is 6.03 Å². The fourth-order valence-electron chi connectivity index (χ4n) is 3.39. The fraction of sp³-hybridized carbons (Fsp3) is 0.300. The first-order chi connectivity index (χ1) is 12.7. The minimum atomic E-state index is -0.122. The summed E-state index contributed by atoms with van der Waals surface area (Å²) in [4.78, 5) is 16.5. The van der Waals surface area contributed by atoms with Crippen molar-refractivity contribution < 1.29 is 9.32 Å². The molecule has 1 saturated heterocycles. The summed E-state index contributed by atoms with van der Waals surface area (Å²) in [6.07, 6.45) is 0. The second-order valence-electron chi connectivity index (χ2n) is 6.65. The molecular weight excluding hydrogens is 328 g/mol. The summed E-state index contributed by atoms with van der Waals surface area (Å²) < 4.78 is 4.98. The van der Waals surface area contributed by atoms with Crippen LogP contribution in [-0.4, -0.2) is 47.2 Å². The van der Waals surface area contributed by atoms with Crippen LogP contribution in [0.4, 0.5) is 10.6 Å². The van der Waals surface area contributed by atoms with E-state index < -0.39 is 0 Å². The third kappa shape index (κ3) is 3.55. The van der Waals surface area contributed by atoms with E-state index in [9.17, 15) is 4.79 Å². The van der Waals surface area contributed by atoms with Gasteiger partial charge in [0.2, 0.25) is 0 Å². The highest BCUT2D eigenvalue weighted by molar-refractivity contribution is 5.88. The van der Waals surface area contributed by atoms with Crippen molar-refractivity contribution in [2.45, 2.75) is 13.5 Å². The molecule has 6 heteroatoms. The highest BCUT2D eigenvalue weighted by Gasteiger charge is 2.22. The molecule has 0 bridgehead atoms. The van der Waals surface area contributed by atoms with Gasteiger partial charge in [0.25, 0.3) is 0 Å². The Morgan fingerprint density at radius 3 is 2.65 bits per heavy atom. The number of aromatic nitrogens is 1. The number of nitrogens with zero attached hydrogens (tertiary/aromatic N) is 3. The predicted molar refractivity (Wildman–Crippen MR) is 101 cm³/mol. The minimum absolute atomic E-state index is 0.122. The molecule has 1 N–H and O–H groups in total. The van der Waals surface area contributed by atoms with Crippen molar-refractivity contribution in [3.05, 3.63) is 59.9 Å². The quantitative estimate of drug-likeness (QED) is 0.785. The predicted octanol–water partition coefficient (Wildman–Crippen LogP) is 3.49. The smallest absolute Gasteiger partial charge is 0.323 e. The van der Waals surface area contributed by atoms with Gasteiger partial charge in [-0.15, -0.1) is 0 Å². The Hall–Kier alpha value is -2.86. The number of carbonyl (C=O) groups excluding carboxylic acids is 1. The summed E-state index contributed by atoms with van der Waals surface area (Å²) in [6.45, 7) is 5.82. The van der Waals surface area contributed by atoms with Gasteiger partial charge in [0.05, 0.1) is 0 Å². The lowest BCUT2D eigenvalue weighted by Crippen LogP contribution is -2.49. The van der Waals surface area contributed by atoms with Crippen LogP contribution in [0.3, 0.4) is 0 Å². The molecule has 4 rings (SSSR count). The van der Waals surface area contributed by atoms with Gasteiger partial charge in [-0.25, -0.2) is 4.79 Å². The molecule has 0 spiro atoms. The Labute approximate surface area is 152 Å². The van der Waals surface area contributed by atoms with E-state index in [0.717, 1.165) is 19.6 Å². The maximum absolute atomic E-state index is 12.3. The van der Waals surface area contributed by atoms with Crippen LogP contribution in [0.25, 0.3) is 10.8 Å². The van der Waals surface area contributed by atoms with Crippen molar-refractivity contribution in [2.24, 2.45) is 0 Å². The zero-order valence-corrected chi connectivity index (χ0v) is 14.8. The maximum Gasteiger partial charge on any atom is 0.323 e. The standard InChI is InChI=1S/C20H22N4O2/c1-15-13-19(22-26-15)21-20(25)24-11-9-23(10-12-24)14-17-7-4-6-16-5-2-3-8-18(16)17/h2-8,13H,9-12,14H2,1H3,(H,21,22,25). The summed E-state index contributed by atoms with van der Waals surface area (Å²) >= 11 is 0. The molecule has 2 amide bonds. The highest BCUT2D eigenvalue weighted by Crippen LogP contribution is 2.20. The Kier molecular flexibility index (Phi) is 4.58. The number of aryl methyl sites for hydroxylation is 1. The first-order valence-corrected chi connectivity index (χ1v) is 8.87. The van der Waals surface area contributed by atoms with Crippen molar-refractivity contribution in [1.29, 1.82) is 0 Å². The van der Waals surface area contributed by atoms with Gasteiger partial charge in [-0.1, -0.05) is 47.6 Å². The molecule has 0 atom stereocenters. The average molecular weight is 350 g/mol. The van der Waals surface area contributed by atoms with Gasteiger partial charge in [-0.3, -0.25) is 10.2 Å². The van der Waals surface area contributed by atoms with Crippen molar-refractivity contribution in [3.63, 3.8) is 0 Å². The third-order valence-corrected chi connectivity index (χ3v) is 4.80. The van der Waals surface area contributed by atoms with Crippen LogP contribution in [0.15, 0.2) is 53.1 Å². The second kappa shape index (κ2) is 7.17. The van der Waals surface area contributed by atoms with Crippen molar-refractivity contribution in [3.8, 4) is 0 Å². The summed E-state index contributed by atoms with van der Waals surface area (Å²) in [5.74, 6) is 1.14. The third-order valence-electron chi connectivity index (χ3n) is 4.80. The van der Waals surface area contributed by atoms with Crippen LogP contribution < -0.4 is 5.32 Å². The topological polar surface area (TPSA) is 61.6 Å². The number of nitrogens with one attached hydrogen (secondary N) is 1. The highest BCUT2D eigenvalue weighted by atomic mass is 16.5. The van der Waals surface area contributed by atoms with E-state index in [0.29, 0.717) is 24.7 Å². The number of rotatable bonds is 3. The Morgan fingerprint density at radius 2 is 1.88 bits per heavy atom. The van der Waals surface area contributed by atoms with E-state index in [4.69, 9.17) is 4.52 Å². The number of carbonyl (C=O) groups is 1. The van der Waals surface area contributed by atoms with Crippen LogP contribution in [0, 0.1) is 6.92 Å². The number of piperazine rings is 1. The Balaban J connectivity index is 1.35. The lowest BCUT2D eigenvalue weighted by Gasteiger charge is -2.34. The van der Waals surface area contributed by atoms with Gasteiger partial charge in [0, 0.05) is 38.8 Å². The van der Waals surface area contributed by atoms with Crippen molar-refractivity contribution in [2.75, 3.05) is 31.5 Å². The maximum atomic E-state index is 12.3. The zero-order chi connectivity index (χ0) is 17.9. The number of hydrogen-bond acceptors (Lipinski definition) is 4. The molecule has 2 aromatic carbocycles. The normalized spacial score (nSPS) is 15.3. The molecule has 1 aromatic heterocycles. The molecule has 1 fully saturated rings. The van der Waals surface area contributed by atoms with Gasteiger partial charge in [0.15, 0.2) is 5.82 Å². The monoisotopic (exact) mass is 350 g/mol. The Bertz CT molecular complexity index is 908. The molecule has 1 aliphatic rings. The van der Waals surface area contributed by atoms with Crippen LogP contribution >= 0.6 is 0 Å². The van der Waals surface area contributed by atoms with E-state index in [2.05, 4.69) is 57.8 Å². The van der Waals surface area contributed by atoms with Crippen LogP contribution in [0.2, 0.25) is 0 Å². The first kappa shape index (κ1) is 16.6. The van der Waals surface area contributed by atoms with Crippen LogP contribution in [0.5, 0.6) is 0 Å². The molecular formula is C20H22N4O2. The first-order valence-electron chi connectivity index (χ1n) is 8.87. The molecule has 26 heavy (non-hydrogen) atoms. The van der Waals surface area contributed by atoms with E-state index in [1.807, 2.05) is 4.90 Å². The van der Waals surface area contributed by atoms with Gasteiger partial charge < -0.3 is 9.42 Å². The Morgan fingerprint density at radius 1 is 1.12 bits per heavy atom. The summed E-state index contributed by atoms with van der Waals surface area (Å²) in [7, 11) is 0. The number of fused-ring (bicyclic) bond motifs is 1. The molecule has 0 unspecified atom stereocenters. The lowest BCUT2D eigenvalue weighted by molar-refractivity contribution is 0.143. The van der Waals surface area contributed by atoms with E-state index >= 15 is 0 Å². The molecule has 3 aromatic rings. The summed E-state index contributed by atoms with van der Waals surface area (Å²) in [5.41, 5.74) is 1.33. The second-order valence-corrected chi connectivity index (χ2v) is 6.65. The molecule has 0 saturated carbocycles. The molecule has 1 aliphatic heterocycles. The average Bonchev–Trinajstić information content (AvgIpc) is 3.07. The van der Waals surface area contributed by atoms with Gasteiger partial charge in [-0.05, 0) is 23.3 Å². The fourth-order valence-corrected chi connectivity index (χ4v) is 3.39. The van der Waals surface area contributed by atoms with Crippen molar-refractivity contribution >= 4 is 22.6 Å². The van der Waals surface area contributed by atoms with E-state index in [1.165, 1.54) is 16.3 Å². The lowest BCUT2D eigenvalue weighted by atomic mass is 10.0. The number of benzene rings is 2. The van der Waals surface area contributed by atoms with E-state index in [1.54, 1.807) is 13.0 Å². The minimum Gasteiger partial charge on any atom is -0.360 e. The zero-order valence-electron chi connectivity index (χ0n) is 14.8. The van der Waals surface area contributed by atoms with Gasteiger partial charge in [-0.2, -0.15) is 0 Å². The number of urea groups is 1. The molecule has 0 radical (unpaired) electrons. The summed E-state index contributed by atoms with van der Waals surface area (Å²) in [5, 5.41) is 9.16. The molecule has 6 nitrogen and oxygen atoms in total. The molecule has 2 heterocycles. The largest absolute Gasteiger partial charge is 0.360 e. The van der Waals surface area contributed by atoms with Crippen LogP contribution in [-0.2, 0) is 6.54 Å². The number of hydrogen-bond donors (Lipinski definition) is 1.